The molecule has 0 aromatic rings. The van der Waals surface area contributed by atoms with E-state index < -0.39 is 0 Å². The van der Waals surface area contributed by atoms with E-state index in [2.05, 4.69) is 41.7 Å². The highest BCUT2D eigenvalue weighted by Gasteiger charge is 2.36. The molecule has 1 aliphatic heterocycles. The molecule has 0 radical (unpaired) electrons. The van der Waals surface area contributed by atoms with E-state index in [4.69, 9.17) is 4.74 Å². The van der Waals surface area contributed by atoms with Gasteiger partial charge in [0.2, 0.25) is 0 Å². The smallest absolute Gasteiger partial charge is 0.0472 e. The largest absolute Gasteiger partial charge is 0.381 e. The molecular weight excluding hydrogens is 302 g/mol. The molecular formula is C16H30BrNO. The predicted octanol–water partition coefficient (Wildman–Crippen LogP) is 4.08. The van der Waals surface area contributed by atoms with Crippen molar-refractivity contribution < 1.29 is 4.74 Å². The second kappa shape index (κ2) is 6.44. The van der Waals surface area contributed by atoms with Gasteiger partial charge in [-0.15, -0.1) is 0 Å². The summed E-state index contributed by atoms with van der Waals surface area (Å²) in [7, 11) is 2.34. The van der Waals surface area contributed by atoms with Crippen molar-refractivity contribution in [3.05, 3.63) is 0 Å². The lowest BCUT2D eigenvalue weighted by molar-refractivity contribution is -0.000334. The van der Waals surface area contributed by atoms with Gasteiger partial charge in [0.25, 0.3) is 0 Å². The van der Waals surface area contributed by atoms with Crippen molar-refractivity contribution in [3.8, 4) is 0 Å². The van der Waals surface area contributed by atoms with Crippen molar-refractivity contribution in [1.82, 2.24) is 4.90 Å². The van der Waals surface area contributed by atoms with Crippen molar-refractivity contribution in [2.75, 3.05) is 32.1 Å². The maximum Gasteiger partial charge on any atom is 0.0472 e. The Morgan fingerprint density at radius 2 is 1.68 bits per heavy atom. The highest BCUT2D eigenvalue weighted by Crippen LogP contribution is 2.39. The minimum absolute atomic E-state index is 0.444. The molecule has 2 fully saturated rings. The van der Waals surface area contributed by atoms with Gasteiger partial charge in [-0.3, -0.25) is 0 Å². The van der Waals surface area contributed by atoms with E-state index in [1.165, 1.54) is 45.1 Å². The van der Waals surface area contributed by atoms with Crippen LogP contribution in [0.15, 0.2) is 0 Å². The second-order valence-electron chi connectivity index (χ2n) is 7.56. The summed E-state index contributed by atoms with van der Waals surface area (Å²) in [6, 6.07) is 0.798. The normalized spacial score (nSPS) is 27.6. The molecule has 0 atom stereocenters. The van der Waals surface area contributed by atoms with Gasteiger partial charge in [-0.05, 0) is 56.4 Å². The molecule has 0 amide bonds. The highest BCUT2D eigenvalue weighted by molar-refractivity contribution is 9.09. The van der Waals surface area contributed by atoms with E-state index in [9.17, 15) is 0 Å². The fraction of sp³-hybridized carbons (Fsp3) is 1.00. The van der Waals surface area contributed by atoms with Gasteiger partial charge >= 0.3 is 0 Å². The molecule has 1 saturated carbocycles. The molecule has 0 aromatic heterocycles. The third-order valence-corrected chi connectivity index (χ3v) is 6.54. The van der Waals surface area contributed by atoms with E-state index in [0.29, 0.717) is 10.8 Å². The number of hydrogen-bond acceptors (Lipinski definition) is 2. The summed E-state index contributed by atoms with van der Waals surface area (Å²) in [6.45, 7) is 7.95. The molecule has 2 rings (SSSR count). The molecule has 3 heteroatoms. The summed E-state index contributed by atoms with van der Waals surface area (Å²) in [4.78, 5) is 2.64. The number of nitrogens with zero attached hydrogens (tertiary/aromatic N) is 1. The molecule has 1 aliphatic carbocycles. The molecule has 19 heavy (non-hydrogen) atoms. The number of alkyl halides is 1. The minimum atomic E-state index is 0.444. The second-order valence-corrected chi connectivity index (χ2v) is 8.12. The molecule has 0 spiro atoms. The van der Waals surface area contributed by atoms with Gasteiger partial charge in [0.15, 0.2) is 0 Å². The summed E-state index contributed by atoms with van der Waals surface area (Å²) in [5, 5.41) is 1.12. The third-order valence-electron chi connectivity index (χ3n) is 5.35. The molecule has 2 aliphatic rings. The highest BCUT2D eigenvalue weighted by atomic mass is 79.9. The zero-order valence-corrected chi connectivity index (χ0v) is 14.5. The van der Waals surface area contributed by atoms with Crippen LogP contribution in [0.1, 0.15) is 52.4 Å². The Hall–Kier alpha value is 0.400. The molecule has 112 valence electrons. The summed E-state index contributed by atoms with van der Waals surface area (Å²) < 4.78 is 5.54. The fourth-order valence-corrected chi connectivity index (χ4v) is 4.36. The van der Waals surface area contributed by atoms with Gasteiger partial charge < -0.3 is 9.64 Å². The fourth-order valence-electron chi connectivity index (χ4n) is 3.62. The van der Waals surface area contributed by atoms with Crippen molar-refractivity contribution in [2.24, 2.45) is 10.8 Å². The van der Waals surface area contributed by atoms with E-state index in [0.717, 1.165) is 24.6 Å². The molecule has 0 aromatic carbocycles. The number of ether oxygens (including phenoxy) is 1. The molecule has 1 heterocycles. The van der Waals surface area contributed by atoms with Gasteiger partial charge in [-0.25, -0.2) is 0 Å². The average Bonchev–Trinajstić information content (AvgIpc) is 2.39. The van der Waals surface area contributed by atoms with Crippen LogP contribution in [0.2, 0.25) is 0 Å². The Bertz CT molecular complexity index is 276. The Morgan fingerprint density at radius 3 is 2.21 bits per heavy atom. The quantitative estimate of drug-likeness (QED) is 0.719. The maximum absolute atomic E-state index is 5.54. The molecule has 2 nitrogen and oxygen atoms in total. The summed E-state index contributed by atoms with van der Waals surface area (Å²) in [5.74, 6) is 0. The van der Waals surface area contributed by atoms with E-state index in [1.54, 1.807) is 0 Å². The Balaban J connectivity index is 1.87. The average molecular weight is 332 g/mol. The van der Waals surface area contributed by atoms with Crippen LogP contribution >= 0.6 is 15.9 Å². The predicted molar refractivity (Wildman–Crippen MR) is 84.9 cm³/mol. The van der Waals surface area contributed by atoms with Gasteiger partial charge in [0, 0.05) is 31.1 Å². The first-order valence-electron chi connectivity index (χ1n) is 7.80. The molecule has 0 bridgehead atoms. The van der Waals surface area contributed by atoms with Crippen LogP contribution in [0.4, 0.5) is 0 Å². The van der Waals surface area contributed by atoms with Crippen molar-refractivity contribution in [1.29, 1.82) is 0 Å². The van der Waals surface area contributed by atoms with Crippen LogP contribution < -0.4 is 0 Å². The van der Waals surface area contributed by atoms with Crippen LogP contribution in [-0.2, 0) is 4.74 Å². The molecule has 0 N–H and O–H groups in total. The van der Waals surface area contributed by atoms with Crippen molar-refractivity contribution >= 4 is 15.9 Å². The van der Waals surface area contributed by atoms with Crippen LogP contribution in [0, 0.1) is 10.8 Å². The van der Waals surface area contributed by atoms with E-state index in [-0.39, 0.29) is 0 Å². The standard InChI is InChI=1S/C16H30BrNO/c1-15(2)6-4-14(5-7-15)18(3)13-16(12-17)8-10-19-11-9-16/h14H,4-13H2,1-3H3. The van der Waals surface area contributed by atoms with Crippen LogP contribution in [0.3, 0.4) is 0 Å². The lowest BCUT2D eigenvalue weighted by Gasteiger charge is -2.44. The molecule has 0 unspecified atom stereocenters. The summed E-state index contributed by atoms with van der Waals surface area (Å²) >= 11 is 3.76. The van der Waals surface area contributed by atoms with Crippen molar-refractivity contribution in [3.63, 3.8) is 0 Å². The zero-order chi connectivity index (χ0) is 13.9. The first-order chi connectivity index (χ1) is 8.96. The number of halogens is 1. The number of rotatable bonds is 4. The molecule has 1 saturated heterocycles. The Kier molecular flexibility index (Phi) is 5.35. The van der Waals surface area contributed by atoms with Crippen LogP contribution in [0.5, 0.6) is 0 Å². The van der Waals surface area contributed by atoms with E-state index >= 15 is 0 Å². The van der Waals surface area contributed by atoms with Gasteiger partial charge in [-0.2, -0.15) is 0 Å². The monoisotopic (exact) mass is 331 g/mol. The van der Waals surface area contributed by atoms with Gasteiger partial charge in [-0.1, -0.05) is 29.8 Å². The lowest BCUT2D eigenvalue weighted by atomic mass is 9.74. The topological polar surface area (TPSA) is 12.5 Å². The van der Waals surface area contributed by atoms with Crippen LogP contribution in [0.25, 0.3) is 0 Å². The lowest BCUT2D eigenvalue weighted by Crippen LogP contribution is -2.46. The van der Waals surface area contributed by atoms with E-state index in [1.807, 2.05) is 0 Å². The minimum Gasteiger partial charge on any atom is -0.381 e. The Morgan fingerprint density at radius 1 is 1.11 bits per heavy atom. The first kappa shape index (κ1) is 15.8. The Labute approximate surface area is 127 Å². The van der Waals surface area contributed by atoms with Crippen molar-refractivity contribution in [2.45, 2.75) is 58.4 Å². The summed E-state index contributed by atoms with van der Waals surface area (Å²) in [6.07, 6.45) is 7.93. The van der Waals surface area contributed by atoms with Crippen LogP contribution in [-0.4, -0.2) is 43.1 Å². The SMILES string of the molecule is CN(CC1(CBr)CCOCC1)C1CCC(C)(C)CC1. The zero-order valence-electron chi connectivity index (χ0n) is 12.9. The first-order valence-corrected chi connectivity index (χ1v) is 8.93. The summed E-state index contributed by atoms with van der Waals surface area (Å²) in [5.41, 5.74) is 1.02. The van der Waals surface area contributed by atoms with Gasteiger partial charge in [0.1, 0.15) is 0 Å². The van der Waals surface area contributed by atoms with Gasteiger partial charge in [0.05, 0.1) is 0 Å². The third kappa shape index (κ3) is 4.18. The number of hydrogen-bond donors (Lipinski definition) is 0. The maximum atomic E-state index is 5.54.